The predicted molar refractivity (Wildman–Crippen MR) is 72.1 cm³/mol. The lowest BCUT2D eigenvalue weighted by atomic mass is 10.3. The van der Waals surface area contributed by atoms with E-state index >= 15 is 0 Å². The topological polar surface area (TPSA) is 60.0 Å². The van der Waals surface area contributed by atoms with Crippen molar-refractivity contribution in [1.82, 2.24) is 5.32 Å². The quantitative estimate of drug-likeness (QED) is 0.741. The van der Waals surface area contributed by atoms with Crippen LogP contribution in [0, 0.1) is 0 Å². The van der Waals surface area contributed by atoms with Crippen molar-refractivity contribution in [2.75, 3.05) is 27.4 Å². The first kappa shape index (κ1) is 14.0. The third-order valence-corrected chi connectivity index (χ3v) is 2.99. The molecule has 0 amide bonds. The molecule has 19 heavy (non-hydrogen) atoms. The molecule has 1 aromatic rings. The predicted octanol–water partition coefficient (Wildman–Crippen LogP) is 1.20. The molecule has 0 heterocycles. The summed E-state index contributed by atoms with van der Waals surface area (Å²) < 4.78 is 15.9. The summed E-state index contributed by atoms with van der Waals surface area (Å²) in [5.41, 5.74) is 0. The number of hydrogen-bond donors (Lipinski definition) is 2. The van der Waals surface area contributed by atoms with Crippen LogP contribution in [0.4, 0.5) is 0 Å². The number of rotatable bonds is 8. The standard InChI is InChI=1S/C14H21NO4/c1-17-12-5-13(18-2)7-14(6-12)19-9-11(16)8-15-10-3-4-10/h5-7,10-11,15-16H,3-4,8-9H2,1-2H3. The first-order chi connectivity index (χ1) is 9.21. The molecule has 0 aromatic heterocycles. The van der Waals surface area contributed by atoms with Crippen LogP contribution in [0.25, 0.3) is 0 Å². The van der Waals surface area contributed by atoms with Crippen LogP contribution in [0.15, 0.2) is 18.2 Å². The zero-order chi connectivity index (χ0) is 13.7. The molecule has 1 unspecified atom stereocenters. The number of aliphatic hydroxyl groups excluding tert-OH is 1. The third-order valence-electron chi connectivity index (χ3n) is 2.99. The van der Waals surface area contributed by atoms with Crippen molar-refractivity contribution in [3.8, 4) is 17.2 Å². The minimum Gasteiger partial charge on any atom is -0.496 e. The maximum atomic E-state index is 9.79. The molecular weight excluding hydrogens is 246 g/mol. The Labute approximate surface area is 113 Å². The SMILES string of the molecule is COc1cc(OC)cc(OCC(O)CNC2CC2)c1. The molecule has 0 radical (unpaired) electrons. The molecule has 0 spiro atoms. The van der Waals surface area contributed by atoms with Gasteiger partial charge in [-0.2, -0.15) is 0 Å². The Bertz CT molecular complexity index is 384. The van der Waals surface area contributed by atoms with Gasteiger partial charge in [-0.1, -0.05) is 0 Å². The van der Waals surface area contributed by atoms with Crippen molar-refractivity contribution in [3.63, 3.8) is 0 Å². The van der Waals surface area contributed by atoms with Crippen LogP contribution >= 0.6 is 0 Å². The summed E-state index contributed by atoms with van der Waals surface area (Å²) in [5.74, 6) is 1.96. The molecule has 2 rings (SSSR count). The minimum atomic E-state index is -0.516. The van der Waals surface area contributed by atoms with E-state index in [-0.39, 0.29) is 6.61 Å². The lowest BCUT2D eigenvalue weighted by molar-refractivity contribution is 0.106. The van der Waals surface area contributed by atoms with Crippen LogP contribution in [0.3, 0.4) is 0 Å². The fourth-order valence-corrected chi connectivity index (χ4v) is 1.71. The zero-order valence-corrected chi connectivity index (χ0v) is 11.4. The van der Waals surface area contributed by atoms with Gasteiger partial charge in [0.05, 0.1) is 14.2 Å². The van der Waals surface area contributed by atoms with E-state index in [0.717, 1.165) is 0 Å². The number of hydrogen-bond acceptors (Lipinski definition) is 5. The summed E-state index contributed by atoms with van der Waals surface area (Å²) in [5, 5.41) is 13.0. The van der Waals surface area contributed by atoms with Crippen LogP contribution in [0.1, 0.15) is 12.8 Å². The monoisotopic (exact) mass is 267 g/mol. The third kappa shape index (κ3) is 4.61. The molecule has 1 aromatic carbocycles. The highest BCUT2D eigenvalue weighted by Gasteiger charge is 2.21. The van der Waals surface area contributed by atoms with Crippen LogP contribution in [-0.4, -0.2) is 44.6 Å². The molecule has 0 saturated heterocycles. The Morgan fingerprint density at radius 2 is 1.74 bits per heavy atom. The number of nitrogens with one attached hydrogen (secondary N) is 1. The first-order valence-electron chi connectivity index (χ1n) is 6.48. The molecule has 106 valence electrons. The van der Waals surface area contributed by atoms with Gasteiger partial charge in [-0.05, 0) is 12.8 Å². The molecule has 0 aliphatic heterocycles. The molecule has 2 N–H and O–H groups in total. The van der Waals surface area contributed by atoms with Crippen LogP contribution in [-0.2, 0) is 0 Å². The average molecular weight is 267 g/mol. The fraction of sp³-hybridized carbons (Fsp3) is 0.571. The summed E-state index contributed by atoms with van der Waals surface area (Å²) in [6.45, 7) is 0.807. The van der Waals surface area contributed by atoms with Crippen molar-refractivity contribution < 1.29 is 19.3 Å². The molecule has 5 nitrogen and oxygen atoms in total. The van der Waals surface area contributed by atoms with E-state index in [2.05, 4.69) is 5.32 Å². The molecule has 1 fully saturated rings. The second-order valence-corrected chi connectivity index (χ2v) is 4.70. The van der Waals surface area contributed by atoms with E-state index in [4.69, 9.17) is 14.2 Å². The highest BCUT2D eigenvalue weighted by molar-refractivity contribution is 5.41. The maximum absolute atomic E-state index is 9.79. The number of ether oxygens (including phenoxy) is 3. The number of benzene rings is 1. The van der Waals surface area contributed by atoms with Crippen molar-refractivity contribution >= 4 is 0 Å². The summed E-state index contributed by atoms with van der Waals surface area (Å²) >= 11 is 0. The molecule has 1 saturated carbocycles. The van der Waals surface area contributed by atoms with Crippen molar-refractivity contribution in [3.05, 3.63) is 18.2 Å². The Hall–Kier alpha value is -1.46. The smallest absolute Gasteiger partial charge is 0.126 e. The van der Waals surface area contributed by atoms with E-state index in [1.165, 1.54) is 12.8 Å². The van der Waals surface area contributed by atoms with Gasteiger partial charge in [0, 0.05) is 30.8 Å². The number of aliphatic hydroxyl groups is 1. The summed E-state index contributed by atoms with van der Waals surface area (Å²) in [6, 6.07) is 5.90. The molecular formula is C14H21NO4. The highest BCUT2D eigenvalue weighted by atomic mass is 16.5. The molecule has 0 bridgehead atoms. The normalized spacial score (nSPS) is 15.9. The Morgan fingerprint density at radius 1 is 1.16 bits per heavy atom. The second kappa shape index (κ2) is 6.63. The van der Waals surface area contributed by atoms with Gasteiger partial charge < -0.3 is 24.6 Å². The summed E-state index contributed by atoms with van der Waals surface area (Å²) in [6.07, 6.45) is 1.90. The van der Waals surface area contributed by atoms with E-state index in [1.54, 1.807) is 32.4 Å². The Morgan fingerprint density at radius 3 is 2.26 bits per heavy atom. The Kier molecular flexibility index (Phi) is 4.87. The Balaban J connectivity index is 1.83. The van der Waals surface area contributed by atoms with Crippen LogP contribution in [0.5, 0.6) is 17.2 Å². The van der Waals surface area contributed by atoms with Gasteiger partial charge in [0.1, 0.15) is 30.0 Å². The van der Waals surface area contributed by atoms with E-state index in [1.807, 2.05) is 0 Å². The van der Waals surface area contributed by atoms with Gasteiger partial charge in [0.15, 0.2) is 0 Å². The van der Waals surface area contributed by atoms with Crippen molar-refractivity contribution in [2.45, 2.75) is 25.0 Å². The van der Waals surface area contributed by atoms with Gasteiger partial charge >= 0.3 is 0 Å². The van der Waals surface area contributed by atoms with Crippen LogP contribution in [0.2, 0.25) is 0 Å². The average Bonchev–Trinajstić information content (AvgIpc) is 3.26. The van der Waals surface area contributed by atoms with Crippen molar-refractivity contribution in [2.24, 2.45) is 0 Å². The van der Waals surface area contributed by atoms with E-state index in [9.17, 15) is 5.11 Å². The fourth-order valence-electron chi connectivity index (χ4n) is 1.71. The number of methoxy groups -OCH3 is 2. The summed E-state index contributed by atoms with van der Waals surface area (Å²) in [4.78, 5) is 0. The van der Waals surface area contributed by atoms with E-state index < -0.39 is 6.10 Å². The summed E-state index contributed by atoms with van der Waals surface area (Å²) in [7, 11) is 3.18. The van der Waals surface area contributed by atoms with E-state index in [0.29, 0.717) is 29.8 Å². The van der Waals surface area contributed by atoms with Gasteiger partial charge in [0.2, 0.25) is 0 Å². The highest BCUT2D eigenvalue weighted by Crippen LogP contribution is 2.27. The first-order valence-corrected chi connectivity index (χ1v) is 6.48. The van der Waals surface area contributed by atoms with Gasteiger partial charge in [0.25, 0.3) is 0 Å². The molecule has 1 aliphatic rings. The molecule has 1 atom stereocenters. The van der Waals surface area contributed by atoms with Crippen molar-refractivity contribution in [1.29, 1.82) is 0 Å². The van der Waals surface area contributed by atoms with Gasteiger partial charge in [-0.3, -0.25) is 0 Å². The second-order valence-electron chi connectivity index (χ2n) is 4.70. The zero-order valence-electron chi connectivity index (χ0n) is 11.4. The lowest BCUT2D eigenvalue weighted by Crippen LogP contribution is -2.32. The minimum absolute atomic E-state index is 0.246. The van der Waals surface area contributed by atoms with Gasteiger partial charge in [-0.25, -0.2) is 0 Å². The maximum Gasteiger partial charge on any atom is 0.126 e. The van der Waals surface area contributed by atoms with Crippen LogP contribution < -0.4 is 19.5 Å². The molecule has 5 heteroatoms. The lowest BCUT2D eigenvalue weighted by Gasteiger charge is -2.14. The largest absolute Gasteiger partial charge is 0.496 e. The molecule has 1 aliphatic carbocycles. The van der Waals surface area contributed by atoms with Gasteiger partial charge in [-0.15, -0.1) is 0 Å².